The molecule has 4 heterocycles. The number of amides is 1. The van der Waals surface area contributed by atoms with Gasteiger partial charge in [-0.15, -0.1) is 0 Å². The molecular formula is C16H19N3O3S. The van der Waals surface area contributed by atoms with E-state index in [-0.39, 0.29) is 11.9 Å². The zero-order valence-corrected chi connectivity index (χ0v) is 13.6. The Kier molecular flexibility index (Phi) is 4.13. The highest BCUT2D eigenvalue weighted by Crippen LogP contribution is 2.34. The molecule has 4 rings (SSSR count). The van der Waals surface area contributed by atoms with Gasteiger partial charge in [0.15, 0.2) is 5.82 Å². The van der Waals surface area contributed by atoms with E-state index in [1.165, 1.54) is 11.3 Å². The molecule has 2 aliphatic heterocycles. The minimum Gasteiger partial charge on any atom is -0.381 e. The Bertz CT molecular complexity index is 664. The predicted octanol–water partition coefficient (Wildman–Crippen LogP) is 3.00. The summed E-state index contributed by atoms with van der Waals surface area (Å²) in [5, 5.41) is 7.98. The number of hydrogen-bond acceptors (Lipinski definition) is 6. The van der Waals surface area contributed by atoms with E-state index >= 15 is 0 Å². The predicted molar refractivity (Wildman–Crippen MR) is 84.4 cm³/mol. The average molecular weight is 333 g/mol. The molecule has 1 atom stereocenters. The van der Waals surface area contributed by atoms with Gasteiger partial charge in [0.25, 0.3) is 5.91 Å². The van der Waals surface area contributed by atoms with Crippen LogP contribution in [0.3, 0.4) is 0 Å². The van der Waals surface area contributed by atoms with Crippen LogP contribution in [0.5, 0.6) is 0 Å². The third-order valence-electron chi connectivity index (χ3n) is 4.61. The van der Waals surface area contributed by atoms with Crippen molar-refractivity contribution in [1.82, 2.24) is 15.0 Å². The van der Waals surface area contributed by atoms with Crippen LogP contribution >= 0.6 is 11.3 Å². The number of thiophene rings is 1. The summed E-state index contributed by atoms with van der Waals surface area (Å²) < 4.78 is 10.9. The van der Waals surface area contributed by atoms with E-state index in [0.29, 0.717) is 11.8 Å². The zero-order valence-electron chi connectivity index (χ0n) is 12.8. The van der Waals surface area contributed by atoms with E-state index in [0.717, 1.165) is 56.8 Å². The molecule has 6 nitrogen and oxygen atoms in total. The minimum atomic E-state index is -0.0940. The molecule has 0 aromatic carbocycles. The Morgan fingerprint density at radius 1 is 1.30 bits per heavy atom. The Balaban J connectivity index is 1.52. The highest BCUT2D eigenvalue weighted by atomic mass is 32.1. The van der Waals surface area contributed by atoms with Gasteiger partial charge in [-0.25, -0.2) is 0 Å². The van der Waals surface area contributed by atoms with E-state index in [1.54, 1.807) is 0 Å². The molecule has 122 valence electrons. The number of likely N-dealkylation sites (tertiary alicyclic amines) is 1. The van der Waals surface area contributed by atoms with E-state index in [4.69, 9.17) is 9.26 Å². The molecule has 0 bridgehead atoms. The van der Waals surface area contributed by atoms with Gasteiger partial charge in [0.05, 0.1) is 5.56 Å². The van der Waals surface area contributed by atoms with E-state index in [9.17, 15) is 4.79 Å². The fraction of sp³-hybridized carbons (Fsp3) is 0.562. The van der Waals surface area contributed by atoms with Crippen LogP contribution in [-0.2, 0) is 4.74 Å². The molecule has 7 heteroatoms. The Labute approximate surface area is 138 Å². The Morgan fingerprint density at radius 3 is 2.96 bits per heavy atom. The van der Waals surface area contributed by atoms with E-state index < -0.39 is 0 Å². The van der Waals surface area contributed by atoms with Gasteiger partial charge in [0.1, 0.15) is 6.04 Å². The summed E-state index contributed by atoms with van der Waals surface area (Å²) in [6.07, 6.45) is 3.71. The van der Waals surface area contributed by atoms with Crippen molar-refractivity contribution in [2.24, 2.45) is 0 Å². The molecule has 23 heavy (non-hydrogen) atoms. The molecule has 0 saturated carbocycles. The van der Waals surface area contributed by atoms with Gasteiger partial charge in [-0.3, -0.25) is 4.79 Å². The maximum absolute atomic E-state index is 12.6. The molecule has 1 unspecified atom stereocenters. The van der Waals surface area contributed by atoms with Gasteiger partial charge >= 0.3 is 0 Å². The molecule has 2 aromatic heterocycles. The maximum Gasteiger partial charge on any atom is 0.255 e. The number of nitrogens with zero attached hydrogens (tertiary/aromatic N) is 3. The molecule has 0 spiro atoms. The molecule has 2 fully saturated rings. The largest absolute Gasteiger partial charge is 0.381 e. The summed E-state index contributed by atoms with van der Waals surface area (Å²) >= 11 is 1.54. The molecule has 0 radical (unpaired) electrons. The van der Waals surface area contributed by atoms with Crippen LogP contribution < -0.4 is 0 Å². The van der Waals surface area contributed by atoms with Crippen molar-refractivity contribution < 1.29 is 14.1 Å². The second-order valence-electron chi connectivity index (χ2n) is 6.05. The topological polar surface area (TPSA) is 68.5 Å². The lowest BCUT2D eigenvalue weighted by Crippen LogP contribution is -2.30. The standard InChI is InChI=1S/C16H19N3O3S/c20-16(12-5-9-23-10-12)19-6-1-2-13(19)15-17-14(18-22-15)11-3-7-21-8-4-11/h5,9-11,13H,1-4,6-8H2. The second kappa shape index (κ2) is 6.41. The first-order valence-corrected chi connectivity index (χ1v) is 9.01. The maximum atomic E-state index is 12.6. The summed E-state index contributed by atoms with van der Waals surface area (Å²) in [4.78, 5) is 19.1. The highest BCUT2D eigenvalue weighted by Gasteiger charge is 2.35. The number of carbonyl (C=O) groups is 1. The van der Waals surface area contributed by atoms with E-state index in [2.05, 4.69) is 10.1 Å². The van der Waals surface area contributed by atoms with Gasteiger partial charge in [-0.1, -0.05) is 5.16 Å². The third kappa shape index (κ3) is 2.90. The smallest absolute Gasteiger partial charge is 0.255 e. The first kappa shape index (κ1) is 14.8. The first-order valence-electron chi connectivity index (χ1n) is 8.07. The van der Waals surface area contributed by atoms with Gasteiger partial charge in [-0.2, -0.15) is 16.3 Å². The van der Waals surface area contributed by atoms with E-state index in [1.807, 2.05) is 21.7 Å². The lowest BCUT2D eigenvalue weighted by atomic mass is 10.00. The molecular weight excluding hydrogens is 314 g/mol. The van der Waals surface area contributed by atoms with Gasteiger partial charge < -0.3 is 14.2 Å². The number of hydrogen-bond donors (Lipinski definition) is 0. The van der Waals surface area contributed by atoms with Crippen molar-refractivity contribution in [3.05, 3.63) is 34.1 Å². The van der Waals surface area contributed by atoms with Crippen LogP contribution in [0.25, 0.3) is 0 Å². The van der Waals surface area contributed by atoms with Crippen LogP contribution in [0, 0.1) is 0 Å². The quantitative estimate of drug-likeness (QED) is 0.864. The number of aromatic nitrogens is 2. The lowest BCUT2D eigenvalue weighted by Gasteiger charge is -2.21. The minimum absolute atomic E-state index is 0.0552. The summed E-state index contributed by atoms with van der Waals surface area (Å²) in [7, 11) is 0. The molecule has 0 N–H and O–H groups in total. The summed E-state index contributed by atoms with van der Waals surface area (Å²) in [5.41, 5.74) is 0.742. The van der Waals surface area contributed by atoms with Crippen molar-refractivity contribution in [3.63, 3.8) is 0 Å². The van der Waals surface area contributed by atoms with Crippen LogP contribution in [0.2, 0.25) is 0 Å². The summed E-state index contributed by atoms with van der Waals surface area (Å²) in [6, 6.07) is 1.77. The molecule has 0 aliphatic carbocycles. The normalized spacial score (nSPS) is 22.6. The second-order valence-corrected chi connectivity index (χ2v) is 6.83. The molecule has 2 saturated heterocycles. The van der Waals surface area contributed by atoms with Crippen molar-refractivity contribution in [2.75, 3.05) is 19.8 Å². The van der Waals surface area contributed by atoms with Gasteiger partial charge in [-0.05, 0) is 37.1 Å². The van der Waals surface area contributed by atoms with Crippen LogP contribution in [0.15, 0.2) is 21.3 Å². The lowest BCUT2D eigenvalue weighted by molar-refractivity contribution is 0.0710. The van der Waals surface area contributed by atoms with Crippen LogP contribution in [0.1, 0.15) is 59.7 Å². The number of rotatable bonds is 3. The first-order chi connectivity index (χ1) is 11.3. The van der Waals surface area contributed by atoms with Crippen molar-refractivity contribution in [2.45, 2.75) is 37.6 Å². The Morgan fingerprint density at radius 2 is 2.17 bits per heavy atom. The fourth-order valence-corrected chi connectivity index (χ4v) is 3.95. The van der Waals surface area contributed by atoms with Crippen LogP contribution in [0.4, 0.5) is 0 Å². The summed E-state index contributed by atoms with van der Waals surface area (Å²) in [5.74, 6) is 1.70. The zero-order chi connectivity index (χ0) is 15.6. The number of ether oxygens (including phenoxy) is 1. The van der Waals surface area contributed by atoms with Crippen molar-refractivity contribution in [3.8, 4) is 0 Å². The summed E-state index contributed by atoms with van der Waals surface area (Å²) in [6.45, 7) is 2.25. The molecule has 2 aromatic rings. The molecule has 1 amide bonds. The van der Waals surface area contributed by atoms with Crippen molar-refractivity contribution >= 4 is 17.2 Å². The fourth-order valence-electron chi connectivity index (χ4n) is 3.32. The highest BCUT2D eigenvalue weighted by molar-refractivity contribution is 7.08. The Hall–Kier alpha value is -1.73. The third-order valence-corrected chi connectivity index (χ3v) is 5.29. The monoisotopic (exact) mass is 333 g/mol. The van der Waals surface area contributed by atoms with Crippen LogP contribution in [-0.4, -0.2) is 40.7 Å². The average Bonchev–Trinajstić information content (AvgIpc) is 3.35. The molecule has 2 aliphatic rings. The van der Waals surface area contributed by atoms with Gasteiger partial charge in [0, 0.05) is 31.1 Å². The SMILES string of the molecule is O=C(c1ccsc1)N1CCCC1c1nc(C2CCOCC2)no1. The number of carbonyl (C=O) groups excluding carboxylic acids is 1. The van der Waals surface area contributed by atoms with Gasteiger partial charge in [0.2, 0.25) is 5.89 Å². The van der Waals surface area contributed by atoms with Crippen molar-refractivity contribution in [1.29, 1.82) is 0 Å².